The first kappa shape index (κ1) is 28.4. The molecule has 0 nitrogen and oxygen atoms in total. The van der Waals surface area contributed by atoms with Crippen molar-refractivity contribution in [2.45, 2.75) is 64.2 Å². The second-order valence-corrected chi connectivity index (χ2v) is 19.3. The molecule has 0 heterocycles. The summed E-state index contributed by atoms with van der Waals surface area (Å²) >= 11 is 8.05. The van der Waals surface area contributed by atoms with Gasteiger partial charge in [-0.3, -0.25) is 0 Å². The van der Waals surface area contributed by atoms with Gasteiger partial charge < -0.3 is 0 Å². The van der Waals surface area contributed by atoms with E-state index in [-0.39, 0.29) is 0 Å². The van der Waals surface area contributed by atoms with Crippen molar-refractivity contribution in [2.24, 2.45) is 0 Å². The Morgan fingerprint density at radius 3 is 1.26 bits per heavy atom. The molecular formula is C32H41Br2P. The number of rotatable bonds is 16. The first-order valence-corrected chi connectivity index (χ1v) is 18.9. The van der Waals surface area contributed by atoms with Gasteiger partial charge in [0.1, 0.15) is 0 Å². The maximum atomic E-state index is 4.53. The summed E-state index contributed by atoms with van der Waals surface area (Å²) in [5.41, 5.74) is 0. The Kier molecular flexibility index (Phi) is 12.3. The van der Waals surface area contributed by atoms with Gasteiger partial charge in [0, 0.05) is 5.33 Å². The van der Waals surface area contributed by atoms with Crippen molar-refractivity contribution in [3.8, 4) is 0 Å². The average Bonchev–Trinajstić information content (AvgIpc) is 2.93. The van der Waals surface area contributed by atoms with Crippen LogP contribution >= 0.6 is 36.7 Å². The minimum absolute atomic E-state index is 0.984. The van der Waals surface area contributed by atoms with Gasteiger partial charge in [-0.15, -0.1) is 0 Å². The van der Waals surface area contributed by atoms with Crippen LogP contribution in [0.5, 0.6) is 0 Å². The standard InChI is InChI=1S/C32H41Br2P/c33-28-20-9-7-5-3-1-2-4-6-8-10-21-29-35(34,30-22-14-11-15-23-30,31-24-16-12-17-25-31)32-26-18-13-19-27-32/h10-19,21-27H,1-9,20,28-29H2. The summed E-state index contributed by atoms with van der Waals surface area (Å²) in [4.78, 5) is 0. The molecule has 0 aliphatic rings. The molecule has 0 atom stereocenters. The van der Waals surface area contributed by atoms with Gasteiger partial charge in [0.05, 0.1) is 0 Å². The zero-order chi connectivity index (χ0) is 24.7. The molecule has 3 aromatic carbocycles. The summed E-state index contributed by atoms with van der Waals surface area (Å²) in [6.45, 7) is 0. The Hall–Kier alpha value is -1.21. The molecule has 0 bridgehead atoms. The van der Waals surface area contributed by atoms with E-state index in [4.69, 9.17) is 0 Å². The summed E-state index contributed by atoms with van der Waals surface area (Å²) in [6, 6.07) is 33.2. The predicted octanol–water partition coefficient (Wildman–Crippen LogP) is 9.68. The van der Waals surface area contributed by atoms with Crippen LogP contribution in [0.3, 0.4) is 0 Å². The van der Waals surface area contributed by atoms with E-state index in [9.17, 15) is 0 Å². The summed E-state index contributed by atoms with van der Waals surface area (Å²) in [7, 11) is 0. The van der Waals surface area contributed by atoms with Gasteiger partial charge in [0.25, 0.3) is 0 Å². The molecule has 3 heteroatoms. The Morgan fingerprint density at radius 1 is 0.486 bits per heavy atom. The molecule has 0 aromatic heterocycles. The van der Waals surface area contributed by atoms with Crippen LogP contribution in [-0.2, 0) is 0 Å². The third-order valence-electron chi connectivity index (χ3n) is 7.00. The number of hydrogen-bond donors (Lipinski definition) is 0. The van der Waals surface area contributed by atoms with Crippen LogP contribution < -0.4 is 15.9 Å². The minimum atomic E-state index is -2.81. The second-order valence-electron chi connectivity index (χ2n) is 9.50. The fourth-order valence-corrected chi connectivity index (χ4v) is 12.4. The summed E-state index contributed by atoms with van der Waals surface area (Å²) in [5, 5.41) is 2.50. The maximum absolute atomic E-state index is 4.53. The van der Waals surface area contributed by atoms with Gasteiger partial charge in [-0.05, 0) is 6.42 Å². The van der Waals surface area contributed by atoms with Crippen molar-refractivity contribution < 1.29 is 0 Å². The van der Waals surface area contributed by atoms with Crippen molar-refractivity contribution in [3.05, 3.63) is 103 Å². The predicted molar refractivity (Wildman–Crippen MR) is 168 cm³/mol. The molecule has 0 aliphatic carbocycles. The van der Waals surface area contributed by atoms with Crippen molar-refractivity contribution >= 4 is 52.6 Å². The Morgan fingerprint density at radius 2 is 0.857 bits per heavy atom. The molecule has 35 heavy (non-hydrogen) atoms. The topological polar surface area (TPSA) is 0 Å². The van der Waals surface area contributed by atoms with Crippen molar-refractivity contribution in [2.75, 3.05) is 11.5 Å². The molecule has 0 saturated heterocycles. The Bertz CT molecular complexity index is 886. The molecule has 0 fully saturated rings. The molecule has 0 saturated carbocycles. The molecule has 0 amide bonds. The summed E-state index contributed by atoms with van der Waals surface area (Å²) < 4.78 is 0. The summed E-state index contributed by atoms with van der Waals surface area (Å²) in [5.74, 6) is 0. The van der Waals surface area contributed by atoms with Crippen molar-refractivity contribution in [1.82, 2.24) is 0 Å². The number of benzene rings is 3. The molecule has 0 unspecified atom stereocenters. The van der Waals surface area contributed by atoms with Gasteiger partial charge in [-0.25, -0.2) is 0 Å². The van der Waals surface area contributed by atoms with Crippen LogP contribution in [-0.4, -0.2) is 11.5 Å². The normalized spacial score (nSPS) is 13.0. The number of allylic oxidation sites excluding steroid dienone is 2. The average molecular weight is 616 g/mol. The van der Waals surface area contributed by atoms with Crippen LogP contribution in [0.1, 0.15) is 64.2 Å². The van der Waals surface area contributed by atoms with E-state index in [0.29, 0.717) is 0 Å². The first-order valence-electron chi connectivity index (χ1n) is 13.3. The second kappa shape index (κ2) is 15.1. The van der Waals surface area contributed by atoms with E-state index in [1.54, 1.807) is 0 Å². The Labute approximate surface area is 230 Å². The zero-order valence-electron chi connectivity index (χ0n) is 21.0. The van der Waals surface area contributed by atoms with Crippen LogP contribution in [0.2, 0.25) is 0 Å². The van der Waals surface area contributed by atoms with Gasteiger partial charge >= 0.3 is 204 Å². The monoisotopic (exact) mass is 614 g/mol. The van der Waals surface area contributed by atoms with Crippen LogP contribution in [0.25, 0.3) is 0 Å². The first-order chi connectivity index (χ1) is 17.2. The van der Waals surface area contributed by atoms with Crippen LogP contribution in [0.4, 0.5) is 0 Å². The molecule has 0 N–H and O–H groups in total. The van der Waals surface area contributed by atoms with E-state index in [1.165, 1.54) is 80.1 Å². The van der Waals surface area contributed by atoms with Crippen molar-refractivity contribution in [1.29, 1.82) is 0 Å². The van der Waals surface area contributed by atoms with Gasteiger partial charge in [0.2, 0.25) is 0 Å². The van der Waals surface area contributed by atoms with Crippen LogP contribution in [0.15, 0.2) is 103 Å². The molecular weight excluding hydrogens is 575 g/mol. The zero-order valence-corrected chi connectivity index (χ0v) is 25.1. The molecule has 3 rings (SSSR count). The number of hydrogen-bond acceptors (Lipinski definition) is 0. The molecule has 188 valence electrons. The van der Waals surface area contributed by atoms with Gasteiger partial charge in [-0.1, -0.05) is 15.9 Å². The van der Waals surface area contributed by atoms with Crippen LogP contribution in [0, 0.1) is 0 Å². The number of alkyl halides is 1. The Balaban J connectivity index is 1.67. The fourth-order valence-electron chi connectivity index (χ4n) is 4.96. The van der Waals surface area contributed by atoms with E-state index in [1.807, 2.05) is 0 Å². The van der Waals surface area contributed by atoms with E-state index in [2.05, 4.69) is 135 Å². The van der Waals surface area contributed by atoms with Crippen molar-refractivity contribution in [3.63, 3.8) is 0 Å². The molecule has 0 spiro atoms. The number of unbranched alkanes of at least 4 members (excludes halogenated alkanes) is 9. The SMILES string of the molecule is BrCCCCCCCCCCCC=CCP(Br)(c1ccccc1)(c1ccccc1)c1ccccc1. The van der Waals surface area contributed by atoms with E-state index in [0.717, 1.165) is 11.5 Å². The van der Waals surface area contributed by atoms with Gasteiger partial charge in [0.15, 0.2) is 0 Å². The van der Waals surface area contributed by atoms with E-state index < -0.39 is 5.31 Å². The quantitative estimate of drug-likeness (QED) is 0.0651. The third kappa shape index (κ3) is 7.64. The molecule has 0 radical (unpaired) electrons. The van der Waals surface area contributed by atoms with Gasteiger partial charge in [-0.2, -0.15) is 0 Å². The third-order valence-corrected chi connectivity index (χ3v) is 17.1. The fraction of sp³-hybridized carbons (Fsp3) is 0.375. The molecule has 0 aliphatic heterocycles. The summed E-state index contributed by atoms with van der Waals surface area (Å²) in [6.07, 6.45) is 19.4. The molecule has 3 aromatic rings. The van der Waals surface area contributed by atoms with E-state index >= 15 is 0 Å². The number of halogens is 2.